The van der Waals surface area contributed by atoms with Crippen LogP contribution >= 0.6 is 11.6 Å². The third kappa shape index (κ3) is 3.26. The first-order chi connectivity index (χ1) is 6.76. The van der Waals surface area contributed by atoms with E-state index in [1.165, 1.54) is 5.56 Å². The Labute approximate surface area is 89.2 Å². The fraction of sp³-hybridized carbons (Fsp3) is 0.300. The van der Waals surface area contributed by atoms with Crippen LogP contribution in [0, 0.1) is 0 Å². The van der Waals surface area contributed by atoms with Gasteiger partial charge in [-0.05, 0) is 17.7 Å². The van der Waals surface area contributed by atoms with Crippen LogP contribution in [0.15, 0.2) is 29.3 Å². The van der Waals surface area contributed by atoms with Gasteiger partial charge in [-0.3, -0.25) is 4.99 Å². The lowest BCUT2D eigenvalue weighted by molar-refractivity contribution is 0.866. The first-order valence-corrected chi connectivity index (χ1v) is 4.77. The second-order valence-electron chi connectivity index (χ2n) is 2.80. The van der Waals surface area contributed by atoms with Gasteiger partial charge in [-0.1, -0.05) is 23.7 Å². The number of nitrogens with one attached hydrogen (secondary N) is 2. The summed E-state index contributed by atoms with van der Waals surface area (Å²) >= 11 is 5.77. The molecule has 1 rings (SSSR count). The molecular formula is C10H14ClN3. The second kappa shape index (κ2) is 5.50. The van der Waals surface area contributed by atoms with Crippen molar-refractivity contribution in [3.05, 3.63) is 34.9 Å². The number of nitrogens with zero attached hydrogens (tertiary/aromatic N) is 1. The van der Waals surface area contributed by atoms with E-state index in [1.807, 2.05) is 31.3 Å². The van der Waals surface area contributed by atoms with Crippen LogP contribution in [0.4, 0.5) is 0 Å². The van der Waals surface area contributed by atoms with Crippen molar-refractivity contribution >= 4 is 17.6 Å². The van der Waals surface area contributed by atoms with Crippen molar-refractivity contribution in [2.24, 2.45) is 4.99 Å². The molecule has 0 saturated heterocycles. The summed E-state index contributed by atoms with van der Waals surface area (Å²) in [6.45, 7) is 0.741. The average molecular weight is 212 g/mol. The molecule has 2 N–H and O–H groups in total. The lowest BCUT2D eigenvalue weighted by atomic mass is 10.2. The highest BCUT2D eigenvalue weighted by Gasteiger charge is 1.94. The highest BCUT2D eigenvalue weighted by molar-refractivity contribution is 6.30. The summed E-state index contributed by atoms with van der Waals surface area (Å²) in [5.74, 6) is 0.778. The SMILES string of the molecule is CN=C(NC)NCc1ccc(Cl)cc1. The number of hydrogen-bond donors (Lipinski definition) is 2. The standard InChI is InChI=1S/C10H14ClN3/c1-12-10(13-2)14-7-8-3-5-9(11)6-4-8/h3-6H,7H2,1-2H3,(H2,12,13,14). The summed E-state index contributed by atoms with van der Waals surface area (Å²) in [6.07, 6.45) is 0. The smallest absolute Gasteiger partial charge is 0.190 e. The first kappa shape index (κ1) is 10.9. The van der Waals surface area contributed by atoms with Crippen LogP contribution in [0.1, 0.15) is 5.56 Å². The molecule has 0 spiro atoms. The summed E-state index contributed by atoms with van der Waals surface area (Å²) in [5, 5.41) is 6.85. The molecule has 3 nitrogen and oxygen atoms in total. The van der Waals surface area contributed by atoms with Gasteiger partial charge < -0.3 is 10.6 Å². The predicted octanol–water partition coefficient (Wildman–Crippen LogP) is 1.63. The Balaban J connectivity index is 2.49. The molecule has 0 aliphatic heterocycles. The molecule has 0 amide bonds. The highest BCUT2D eigenvalue weighted by Crippen LogP contribution is 2.08. The zero-order valence-electron chi connectivity index (χ0n) is 8.34. The minimum atomic E-state index is 0.741. The third-order valence-electron chi connectivity index (χ3n) is 1.83. The van der Waals surface area contributed by atoms with Gasteiger partial charge in [0.05, 0.1) is 0 Å². The quantitative estimate of drug-likeness (QED) is 0.577. The van der Waals surface area contributed by atoms with Crippen LogP contribution in [-0.2, 0) is 6.54 Å². The Hall–Kier alpha value is -1.22. The van der Waals surface area contributed by atoms with E-state index in [-0.39, 0.29) is 0 Å². The van der Waals surface area contributed by atoms with E-state index in [0.717, 1.165) is 17.5 Å². The number of halogens is 1. The third-order valence-corrected chi connectivity index (χ3v) is 2.09. The van der Waals surface area contributed by atoms with E-state index < -0.39 is 0 Å². The van der Waals surface area contributed by atoms with Gasteiger partial charge in [0.25, 0.3) is 0 Å². The average Bonchev–Trinajstić information content (AvgIpc) is 2.22. The molecule has 0 atom stereocenters. The maximum absolute atomic E-state index is 5.77. The number of aliphatic imine (C=N–C) groups is 1. The number of benzene rings is 1. The summed E-state index contributed by atoms with van der Waals surface area (Å²) in [5.41, 5.74) is 1.17. The summed E-state index contributed by atoms with van der Waals surface area (Å²) in [7, 11) is 3.57. The zero-order chi connectivity index (χ0) is 10.4. The molecule has 0 saturated carbocycles. The Bertz CT molecular complexity index is 306. The lowest BCUT2D eigenvalue weighted by Gasteiger charge is -2.08. The fourth-order valence-electron chi connectivity index (χ4n) is 1.07. The first-order valence-electron chi connectivity index (χ1n) is 4.39. The molecule has 0 aliphatic carbocycles. The Morgan fingerprint density at radius 3 is 2.50 bits per heavy atom. The fourth-order valence-corrected chi connectivity index (χ4v) is 1.19. The molecule has 1 aromatic carbocycles. The molecule has 0 radical (unpaired) electrons. The van der Waals surface area contributed by atoms with Gasteiger partial charge in [0.1, 0.15) is 0 Å². The molecule has 0 bridgehead atoms. The van der Waals surface area contributed by atoms with Gasteiger partial charge in [-0.15, -0.1) is 0 Å². The monoisotopic (exact) mass is 211 g/mol. The van der Waals surface area contributed by atoms with Gasteiger partial charge in [-0.25, -0.2) is 0 Å². The van der Waals surface area contributed by atoms with Gasteiger partial charge in [0.15, 0.2) is 5.96 Å². The topological polar surface area (TPSA) is 36.4 Å². The largest absolute Gasteiger partial charge is 0.359 e. The van der Waals surface area contributed by atoms with E-state index in [9.17, 15) is 0 Å². The van der Waals surface area contributed by atoms with Crippen molar-refractivity contribution in [1.82, 2.24) is 10.6 Å². The summed E-state index contributed by atoms with van der Waals surface area (Å²) in [6, 6.07) is 7.72. The molecule has 0 aliphatic rings. The summed E-state index contributed by atoms with van der Waals surface area (Å²) in [4.78, 5) is 4.01. The van der Waals surface area contributed by atoms with Crippen LogP contribution < -0.4 is 10.6 Å². The minimum absolute atomic E-state index is 0.741. The molecule has 1 aromatic rings. The van der Waals surface area contributed by atoms with Crippen LogP contribution in [0.2, 0.25) is 5.02 Å². The molecule has 0 unspecified atom stereocenters. The van der Waals surface area contributed by atoms with E-state index in [4.69, 9.17) is 11.6 Å². The molecule has 14 heavy (non-hydrogen) atoms. The maximum Gasteiger partial charge on any atom is 0.190 e. The minimum Gasteiger partial charge on any atom is -0.359 e. The van der Waals surface area contributed by atoms with E-state index in [1.54, 1.807) is 7.05 Å². The molecule has 76 valence electrons. The second-order valence-corrected chi connectivity index (χ2v) is 3.24. The Morgan fingerprint density at radius 1 is 1.36 bits per heavy atom. The number of guanidine groups is 1. The zero-order valence-corrected chi connectivity index (χ0v) is 9.10. The van der Waals surface area contributed by atoms with E-state index in [2.05, 4.69) is 15.6 Å². The molecule has 0 fully saturated rings. The van der Waals surface area contributed by atoms with Crippen LogP contribution in [0.25, 0.3) is 0 Å². The van der Waals surface area contributed by atoms with Crippen LogP contribution in [0.3, 0.4) is 0 Å². The predicted molar refractivity (Wildman–Crippen MR) is 60.7 cm³/mol. The highest BCUT2D eigenvalue weighted by atomic mass is 35.5. The van der Waals surface area contributed by atoms with Gasteiger partial charge in [-0.2, -0.15) is 0 Å². The van der Waals surface area contributed by atoms with E-state index in [0.29, 0.717) is 0 Å². The van der Waals surface area contributed by atoms with Crippen molar-refractivity contribution < 1.29 is 0 Å². The molecule has 0 aromatic heterocycles. The molecule has 0 heterocycles. The normalized spacial score (nSPS) is 11.2. The maximum atomic E-state index is 5.77. The Kier molecular flexibility index (Phi) is 4.26. The van der Waals surface area contributed by atoms with Gasteiger partial charge in [0, 0.05) is 25.7 Å². The van der Waals surface area contributed by atoms with Crippen LogP contribution in [-0.4, -0.2) is 20.1 Å². The van der Waals surface area contributed by atoms with Crippen molar-refractivity contribution in [3.8, 4) is 0 Å². The number of hydrogen-bond acceptors (Lipinski definition) is 1. The van der Waals surface area contributed by atoms with Crippen molar-refractivity contribution in [2.75, 3.05) is 14.1 Å². The van der Waals surface area contributed by atoms with Crippen molar-refractivity contribution in [3.63, 3.8) is 0 Å². The summed E-state index contributed by atoms with van der Waals surface area (Å²) < 4.78 is 0. The van der Waals surface area contributed by atoms with Crippen molar-refractivity contribution in [2.45, 2.75) is 6.54 Å². The number of rotatable bonds is 2. The van der Waals surface area contributed by atoms with E-state index >= 15 is 0 Å². The van der Waals surface area contributed by atoms with Crippen molar-refractivity contribution in [1.29, 1.82) is 0 Å². The van der Waals surface area contributed by atoms with Crippen LogP contribution in [0.5, 0.6) is 0 Å². The van der Waals surface area contributed by atoms with Gasteiger partial charge >= 0.3 is 0 Å². The Morgan fingerprint density at radius 2 is 2.00 bits per heavy atom. The molecular weight excluding hydrogens is 198 g/mol. The van der Waals surface area contributed by atoms with Gasteiger partial charge in [0.2, 0.25) is 0 Å². The molecule has 4 heteroatoms. The lowest BCUT2D eigenvalue weighted by Crippen LogP contribution is -2.33.